The predicted octanol–water partition coefficient (Wildman–Crippen LogP) is 4.38. The Kier molecular flexibility index (Phi) is 6.36. The SMILES string of the molecule is O=C(C1CC1)N1CCc2cc(CCCO)c(S(=O)(=O)Nc3ccc(Cl)c(C(F)(F)F)c3)cc21. The van der Waals surface area contributed by atoms with Crippen LogP contribution < -0.4 is 9.62 Å². The van der Waals surface area contributed by atoms with Gasteiger partial charge < -0.3 is 10.0 Å². The fourth-order valence-corrected chi connectivity index (χ4v) is 5.52. The van der Waals surface area contributed by atoms with Crippen LogP contribution in [0, 0.1) is 5.92 Å². The Morgan fingerprint density at radius 3 is 2.58 bits per heavy atom. The average molecular weight is 503 g/mol. The lowest BCUT2D eigenvalue weighted by Gasteiger charge is -2.20. The molecular weight excluding hydrogens is 481 g/mol. The first-order valence-corrected chi connectivity index (χ1v) is 12.3. The molecule has 1 heterocycles. The number of benzene rings is 2. The fraction of sp³-hybridized carbons (Fsp3) is 0.409. The molecule has 0 radical (unpaired) electrons. The number of anilines is 2. The van der Waals surface area contributed by atoms with Gasteiger partial charge in [-0.1, -0.05) is 17.7 Å². The minimum absolute atomic E-state index is 0.0410. The molecule has 6 nitrogen and oxygen atoms in total. The number of nitrogens with zero attached hydrogens (tertiary/aromatic N) is 1. The number of rotatable bonds is 7. The summed E-state index contributed by atoms with van der Waals surface area (Å²) in [5.41, 5.74) is 0.334. The highest BCUT2D eigenvalue weighted by Gasteiger charge is 2.38. The minimum atomic E-state index is -4.75. The highest BCUT2D eigenvalue weighted by molar-refractivity contribution is 7.92. The fourth-order valence-electron chi connectivity index (χ4n) is 3.98. The standard InChI is InChI=1S/C22H22ClF3N2O4S/c23-18-6-5-16(11-17(18)22(24,25)26)27-33(31,32)20-12-19-14(10-15(20)2-1-9-29)7-8-28(19)21(30)13-3-4-13/h5-6,10-13,27,29H,1-4,7-9H2. The van der Waals surface area contributed by atoms with Crippen molar-refractivity contribution in [3.8, 4) is 0 Å². The molecule has 2 aromatic carbocycles. The normalized spacial score (nSPS) is 16.1. The van der Waals surface area contributed by atoms with Gasteiger partial charge in [-0.3, -0.25) is 9.52 Å². The zero-order valence-corrected chi connectivity index (χ0v) is 19.0. The number of alkyl halides is 3. The van der Waals surface area contributed by atoms with Crippen LogP contribution in [0.15, 0.2) is 35.2 Å². The number of carbonyl (C=O) groups is 1. The van der Waals surface area contributed by atoms with Crippen molar-refractivity contribution in [2.45, 2.75) is 43.2 Å². The van der Waals surface area contributed by atoms with E-state index in [2.05, 4.69) is 4.72 Å². The van der Waals surface area contributed by atoms with Crippen molar-refractivity contribution in [1.82, 2.24) is 0 Å². The average Bonchev–Trinajstić information content (AvgIpc) is 3.51. The highest BCUT2D eigenvalue weighted by atomic mass is 35.5. The molecule has 2 aromatic rings. The molecule has 4 rings (SSSR count). The number of hydrogen-bond acceptors (Lipinski definition) is 4. The molecular formula is C22H22ClF3N2O4S. The third-order valence-electron chi connectivity index (χ3n) is 5.77. The van der Waals surface area contributed by atoms with Crippen molar-refractivity contribution in [3.05, 3.63) is 52.0 Å². The van der Waals surface area contributed by atoms with Crippen molar-refractivity contribution in [1.29, 1.82) is 0 Å². The van der Waals surface area contributed by atoms with Crippen LogP contribution in [0.5, 0.6) is 0 Å². The lowest BCUT2D eigenvalue weighted by Crippen LogP contribution is -2.30. The van der Waals surface area contributed by atoms with Crippen molar-refractivity contribution in [2.75, 3.05) is 22.8 Å². The van der Waals surface area contributed by atoms with E-state index in [9.17, 15) is 31.5 Å². The first kappa shape index (κ1) is 23.8. The van der Waals surface area contributed by atoms with Gasteiger partial charge in [0, 0.05) is 30.4 Å². The maximum Gasteiger partial charge on any atom is 0.417 e. The van der Waals surface area contributed by atoms with Crippen LogP contribution in [0.1, 0.15) is 36.0 Å². The van der Waals surface area contributed by atoms with Crippen LogP contribution in [0.25, 0.3) is 0 Å². The van der Waals surface area contributed by atoms with Crippen LogP contribution in [-0.4, -0.2) is 32.6 Å². The molecule has 2 aliphatic rings. The Morgan fingerprint density at radius 1 is 1.21 bits per heavy atom. The Morgan fingerprint density at radius 2 is 1.94 bits per heavy atom. The van der Waals surface area contributed by atoms with Gasteiger partial charge in [0.05, 0.1) is 15.5 Å². The van der Waals surface area contributed by atoms with E-state index in [1.807, 2.05) is 0 Å². The third kappa shape index (κ3) is 4.97. The van der Waals surface area contributed by atoms with E-state index in [0.29, 0.717) is 36.7 Å². The van der Waals surface area contributed by atoms with Crippen LogP contribution in [-0.2, 0) is 33.8 Å². The van der Waals surface area contributed by atoms with E-state index in [4.69, 9.17) is 11.6 Å². The van der Waals surface area contributed by atoms with E-state index in [0.717, 1.165) is 30.5 Å². The summed E-state index contributed by atoms with van der Waals surface area (Å²) < 4.78 is 68.3. The molecule has 1 fully saturated rings. The number of hydrogen-bond donors (Lipinski definition) is 2. The van der Waals surface area contributed by atoms with Gasteiger partial charge in [0.25, 0.3) is 10.0 Å². The summed E-state index contributed by atoms with van der Waals surface area (Å²) in [5.74, 6) is -0.0845. The van der Waals surface area contributed by atoms with Gasteiger partial charge in [0.15, 0.2) is 0 Å². The molecule has 1 amide bonds. The van der Waals surface area contributed by atoms with E-state index < -0.39 is 26.8 Å². The predicted molar refractivity (Wildman–Crippen MR) is 118 cm³/mol. The number of aliphatic hydroxyl groups is 1. The van der Waals surface area contributed by atoms with E-state index in [-0.39, 0.29) is 35.4 Å². The molecule has 0 aromatic heterocycles. The zero-order chi connectivity index (χ0) is 24.0. The quantitative estimate of drug-likeness (QED) is 0.588. The molecule has 33 heavy (non-hydrogen) atoms. The van der Waals surface area contributed by atoms with Crippen molar-refractivity contribution in [3.63, 3.8) is 0 Å². The molecule has 0 bridgehead atoms. The van der Waals surface area contributed by atoms with Gasteiger partial charge in [0.2, 0.25) is 5.91 Å². The number of aliphatic hydroxyl groups excluding tert-OH is 1. The lowest BCUT2D eigenvalue weighted by atomic mass is 10.0. The monoisotopic (exact) mass is 502 g/mol. The van der Waals surface area contributed by atoms with Gasteiger partial charge in [-0.25, -0.2) is 8.42 Å². The Balaban J connectivity index is 1.73. The Hall–Kier alpha value is -2.30. The summed E-state index contributed by atoms with van der Waals surface area (Å²) in [4.78, 5) is 14.1. The van der Waals surface area contributed by atoms with E-state index in [1.165, 1.54) is 6.07 Å². The number of sulfonamides is 1. The molecule has 178 valence electrons. The summed E-state index contributed by atoms with van der Waals surface area (Å²) in [7, 11) is -4.30. The molecule has 0 saturated heterocycles. The van der Waals surface area contributed by atoms with Gasteiger partial charge in [0.1, 0.15) is 0 Å². The number of amides is 1. The first-order chi connectivity index (χ1) is 15.5. The number of aryl methyl sites for hydroxylation is 1. The van der Waals surface area contributed by atoms with Gasteiger partial charge in [-0.2, -0.15) is 13.2 Å². The van der Waals surface area contributed by atoms with Crippen molar-refractivity contribution in [2.24, 2.45) is 5.92 Å². The van der Waals surface area contributed by atoms with Crippen LogP contribution >= 0.6 is 11.6 Å². The molecule has 1 saturated carbocycles. The number of nitrogens with one attached hydrogen (secondary N) is 1. The second kappa shape index (κ2) is 8.81. The van der Waals surface area contributed by atoms with Crippen molar-refractivity contribution < 1.29 is 31.5 Å². The summed E-state index contributed by atoms with van der Waals surface area (Å²) in [6, 6.07) is 5.90. The maximum atomic E-state index is 13.3. The van der Waals surface area contributed by atoms with Crippen LogP contribution in [0.3, 0.4) is 0 Å². The summed E-state index contributed by atoms with van der Waals surface area (Å²) in [5, 5.41) is 8.69. The molecule has 0 unspecified atom stereocenters. The zero-order valence-electron chi connectivity index (χ0n) is 17.5. The maximum absolute atomic E-state index is 13.3. The Labute approximate surface area is 194 Å². The topological polar surface area (TPSA) is 86.7 Å². The Bertz CT molecular complexity index is 1200. The highest BCUT2D eigenvalue weighted by Crippen LogP contribution is 2.40. The third-order valence-corrected chi connectivity index (χ3v) is 7.56. The smallest absolute Gasteiger partial charge is 0.396 e. The second-order valence-electron chi connectivity index (χ2n) is 8.23. The first-order valence-electron chi connectivity index (χ1n) is 10.5. The second-order valence-corrected chi connectivity index (χ2v) is 10.3. The molecule has 1 aliphatic carbocycles. The van der Waals surface area contributed by atoms with Crippen molar-refractivity contribution >= 4 is 38.9 Å². The largest absolute Gasteiger partial charge is 0.417 e. The number of fused-ring (bicyclic) bond motifs is 1. The molecule has 2 N–H and O–H groups in total. The van der Waals surface area contributed by atoms with Crippen LogP contribution in [0.4, 0.5) is 24.5 Å². The van der Waals surface area contributed by atoms with Gasteiger partial charge in [-0.15, -0.1) is 0 Å². The molecule has 11 heteroatoms. The number of halogens is 4. The van der Waals surface area contributed by atoms with Crippen LogP contribution in [0.2, 0.25) is 5.02 Å². The van der Waals surface area contributed by atoms with Gasteiger partial charge in [-0.05, 0) is 67.5 Å². The molecule has 0 spiro atoms. The van der Waals surface area contributed by atoms with E-state index in [1.54, 1.807) is 11.0 Å². The summed E-state index contributed by atoms with van der Waals surface area (Å²) in [6.45, 7) is 0.301. The minimum Gasteiger partial charge on any atom is -0.396 e. The lowest BCUT2D eigenvalue weighted by molar-refractivity contribution is -0.137. The van der Waals surface area contributed by atoms with Gasteiger partial charge >= 0.3 is 6.18 Å². The van der Waals surface area contributed by atoms with E-state index >= 15 is 0 Å². The summed E-state index contributed by atoms with van der Waals surface area (Å²) >= 11 is 5.63. The molecule has 1 aliphatic heterocycles. The summed E-state index contributed by atoms with van der Waals surface area (Å²) in [6.07, 6.45) is -1.98. The number of carbonyl (C=O) groups excluding carboxylic acids is 1. The molecule has 0 atom stereocenters.